The van der Waals surface area contributed by atoms with E-state index >= 15 is 0 Å². The van der Waals surface area contributed by atoms with Gasteiger partial charge < -0.3 is 25.5 Å². The van der Waals surface area contributed by atoms with Crippen molar-refractivity contribution < 1.29 is 48.1 Å². The van der Waals surface area contributed by atoms with E-state index in [0.717, 1.165) is 51.4 Å². The third-order valence-corrected chi connectivity index (χ3v) is 10.3. The van der Waals surface area contributed by atoms with E-state index in [1.165, 1.54) is 57.8 Å². The molecule has 0 saturated heterocycles. The van der Waals surface area contributed by atoms with Gasteiger partial charge in [0.1, 0.15) is 0 Å². The van der Waals surface area contributed by atoms with E-state index in [0.29, 0.717) is 32.5 Å². The molecule has 0 fully saturated rings. The van der Waals surface area contributed by atoms with Gasteiger partial charge in [0.15, 0.2) is 0 Å². The Morgan fingerprint density at radius 1 is 0.587 bits per heavy atom. The Bertz CT molecular complexity index is 812. The van der Waals surface area contributed by atoms with E-state index in [9.17, 15) is 32.8 Å². The summed E-state index contributed by atoms with van der Waals surface area (Å²) >= 11 is 0. The summed E-state index contributed by atoms with van der Waals surface area (Å²) in [6.07, 6.45) is 19.7. The van der Waals surface area contributed by atoms with Gasteiger partial charge in [-0.1, -0.05) is 142 Å². The lowest BCUT2D eigenvalue weighted by Gasteiger charge is -2.32. The van der Waals surface area contributed by atoms with Gasteiger partial charge in [-0.25, -0.2) is 0 Å². The van der Waals surface area contributed by atoms with Gasteiger partial charge in [-0.2, -0.15) is 8.42 Å². The van der Waals surface area contributed by atoms with E-state index in [-0.39, 0.29) is 39.1 Å². The number of carboxylic acid groups (broad SMARTS) is 2. The molecule has 0 radical (unpaired) electrons. The predicted molar refractivity (Wildman–Crippen MR) is 184 cm³/mol. The van der Waals surface area contributed by atoms with Crippen LogP contribution in [-0.4, -0.2) is 99.5 Å². The molecule has 0 saturated carbocycles. The van der Waals surface area contributed by atoms with Gasteiger partial charge in [0, 0.05) is 19.6 Å². The molecule has 0 amide bonds. The minimum Gasteiger partial charge on any atom is -0.481 e. The Labute approximate surface area is 279 Å². The topological polar surface area (TPSA) is 193 Å². The molecule has 6 N–H and O–H groups in total. The molecule has 0 aliphatic rings. The van der Waals surface area contributed by atoms with Crippen LogP contribution in [0.3, 0.4) is 0 Å². The first kappa shape index (κ1) is 46.8. The molecular formula is C34H69NO10S. The minimum absolute atomic E-state index is 0.0694. The van der Waals surface area contributed by atoms with Crippen LogP contribution in [0.2, 0.25) is 0 Å². The van der Waals surface area contributed by atoms with Gasteiger partial charge in [-0.3, -0.25) is 19.0 Å². The van der Waals surface area contributed by atoms with Crippen LogP contribution in [-0.2, 0) is 19.7 Å². The van der Waals surface area contributed by atoms with Crippen LogP contribution >= 0.6 is 0 Å². The third kappa shape index (κ3) is 22.3. The zero-order valence-electron chi connectivity index (χ0n) is 29.0. The van der Waals surface area contributed by atoms with E-state index in [1.807, 2.05) is 0 Å². The molecule has 2 atom stereocenters. The molecule has 12 heteroatoms. The number of hydrogen-bond donors (Lipinski definition) is 6. The number of rotatable bonds is 32. The number of hydrogen-bond acceptors (Lipinski definition) is 8. The Morgan fingerprint density at radius 3 is 1.20 bits per heavy atom. The zero-order valence-corrected chi connectivity index (χ0v) is 29.9. The van der Waals surface area contributed by atoms with Crippen molar-refractivity contribution in [3.05, 3.63) is 0 Å². The second-order valence-electron chi connectivity index (χ2n) is 12.5. The predicted octanol–water partition coefficient (Wildman–Crippen LogP) is 6.29. The van der Waals surface area contributed by atoms with E-state index in [4.69, 9.17) is 15.3 Å². The number of nitrogens with zero attached hydrogens (tertiary/aromatic N) is 1. The van der Waals surface area contributed by atoms with Crippen LogP contribution in [0.15, 0.2) is 0 Å². The van der Waals surface area contributed by atoms with Gasteiger partial charge in [-0.15, -0.1) is 0 Å². The lowest BCUT2D eigenvalue weighted by atomic mass is 9.82. The molecule has 2 unspecified atom stereocenters. The summed E-state index contributed by atoms with van der Waals surface area (Å²) in [6, 6.07) is 0. The van der Waals surface area contributed by atoms with Crippen LogP contribution in [0.5, 0.6) is 0 Å². The number of carboxylic acids is 2. The van der Waals surface area contributed by atoms with Crippen LogP contribution < -0.4 is 0 Å². The molecule has 0 aliphatic heterocycles. The highest BCUT2D eigenvalue weighted by atomic mass is 32.2. The lowest BCUT2D eigenvalue weighted by molar-refractivity contribution is -0.152. The van der Waals surface area contributed by atoms with Crippen molar-refractivity contribution in [2.75, 3.05) is 39.5 Å². The Hall–Kier alpha value is -1.31. The molecule has 0 aliphatic carbocycles. The summed E-state index contributed by atoms with van der Waals surface area (Å²) in [7, 11) is -5.12. The van der Waals surface area contributed by atoms with Crippen LogP contribution in [0.25, 0.3) is 0 Å². The first-order chi connectivity index (χ1) is 22.0. The summed E-state index contributed by atoms with van der Waals surface area (Å²) in [5.41, 5.74) is 0. The summed E-state index contributed by atoms with van der Waals surface area (Å²) in [5.74, 6) is -4.91. The minimum atomic E-state index is -5.12. The molecule has 0 spiro atoms. The number of unbranched alkanes of at least 4 members (excludes halogenated alkanes) is 18. The van der Waals surface area contributed by atoms with Crippen molar-refractivity contribution in [1.82, 2.24) is 4.90 Å². The molecule has 46 heavy (non-hydrogen) atoms. The summed E-state index contributed by atoms with van der Waals surface area (Å²) < 4.78 is 31.9. The molecule has 0 aromatic heterocycles. The lowest BCUT2D eigenvalue weighted by Crippen LogP contribution is -2.55. The largest absolute Gasteiger partial charge is 0.481 e. The molecule has 0 aromatic rings. The van der Waals surface area contributed by atoms with Crippen LogP contribution in [0.4, 0.5) is 0 Å². The van der Waals surface area contributed by atoms with Gasteiger partial charge in [0.05, 0.1) is 25.7 Å². The van der Waals surface area contributed by atoms with Crippen molar-refractivity contribution >= 4 is 22.1 Å². The van der Waals surface area contributed by atoms with E-state index in [1.54, 1.807) is 4.90 Å². The average Bonchev–Trinajstić information content (AvgIpc) is 2.99. The fourth-order valence-corrected chi connectivity index (χ4v) is 7.08. The highest BCUT2D eigenvalue weighted by molar-refractivity contribution is 7.88. The zero-order chi connectivity index (χ0) is 35.1. The highest BCUT2D eigenvalue weighted by Crippen LogP contribution is 2.37. The molecule has 0 aromatic carbocycles. The number of aliphatic hydroxyl groups excluding tert-OH is 3. The van der Waals surface area contributed by atoms with Crippen molar-refractivity contribution in [3.63, 3.8) is 0 Å². The van der Waals surface area contributed by atoms with E-state index < -0.39 is 32.7 Å². The van der Waals surface area contributed by atoms with Gasteiger partial charge in [-0.05, 0) is 12.8 Å². The molecule has 0 heterocycles. The number of carbonyl (C=O) groups is 2. The summed E-state index contributed by atoms with van der Waals surface area (Å²) in [6.45, 7) is 6.11. The van der Waals surface area contributed by atoms with Gasteiger partial charge in [0.25, 0.3) is 10.1 Å². The second kappa shape index (κ2) is 31.0. The summed E-state index contributed by atoms with van der Waals surface area (Å²) in [4.78, 5) is 26.0. The highest BCUT2D eigenvalue weighted by Gasteiger charge is 2.58. The SMILES string of the molecule is CCCCCCCCCCCCC(C(=O)O)C(CCCCCCCCCCCC)(C(=O)O)S(=O)(=O)O.OCCN(CCO)CCO. The smallest absolute Gasteiger partial charge is 0.328 e. The first-order valence-electron chi connectivity index (χ1n) is 18.0. The molecular weight excluding hydrogens is 614 g/mol. The molecule has 276 valence electrons. The standard InChI is InChI=1S/C28H54O7S.C6H15NO3/c1-3-5-7-9-11-13-15-17-19-21-23-25(26(29)30)28(27(31)32,36(33,34)35)24-22-20-18-16-14-12-10-8-6-4-2;8-4-1-7(2-5-9)3-6-10/h25H,3-24H2,1-2H3,(H,29,30)(H,31,32)(H,33,34,35);8-10H,1-6H2. The average molecular weight is 684 g/mol. The Balaban J connectivity index is 0. The van der Waals surface area contributed by atoms with Crippen molar-refractivity contribution in [1.29, 1.82) is 0 Å². The van der Waals surface area contributed by atoms with Gasteiger partial charge in [0.2, 0.25) is 4.75 Å². The fraction of sp³-hybridized carbons (Fsp3) is 0.941. The first-order valence-corrected chi connectivity index (χ1v) is 19.4. The molecule has 11 nitrogen and oxygen atoms in total. The monoisotopic (exact) mass is 683 g/mol. The molecule has 0 bridgehead atoms. The van der Waals surface area contributed by atoms with Crippen LogP contribution in [0, 0.1) is 5.92 Å². The number of aliphatic carboxylic acids is 2. The van der Waals surface area contributed by atoms with Crippen molar-refractivity contribution in [3.8, 4) is 0 Å². The summed E-state index contributed by atoms with van der Waals surface area (Å²) in [5, 5.41) is 45.1. The van der Waals surface area contributed by atoms with E-state index in [2.05, 4.69) is 13.8 Å². The quantitative estimate of drug-likeness (QED) is 0.0345. The Kier molecular flexibility index (Phi) is 31.5. The van der Waals surface area contributed by atoms with Crippen molar-refractivity contribution in [2.24, 2.45) is 5.92 Å². The van der Waals surface area contributed by atoms with Gasteiger partial charge >= 0.3 is 11.9 Å². The maximum absolute atomic E-state index is 12.3. The number of aliphatic hydroxyl groups is 3. The second-order valence-corrected chi connectivity index (χ2v) is 14.2. The normalized spacial score (nSPS) is 13.6. The third-order valence-electron chi connectivity index (χ3n) is 8.68. The van der Waals surface area contributed by atoms with Crippen molar-refractivity contribution in [2.45, 2.75) is 160 Å². The van der Waals surface area contributed by atoms with Crippen LogP contribution in [0.1, 0.15) is 155 Å². The maximum atomic E-state index is 12.3. The molecule has 0 rings (SSSR count). The fourth-order valence-electron chi connectivity index (χ4n) is 5.88. The Morgan fingerprint density at radius 2 is 0.913 bits per heavy atom. The maximum Gasteiger partial charge on any atom is 0.328 e.